The molecule has 2 atom stereocenters. The Balaban J connectivity index is 0.000000403. The standard InChI is InChI=1S/C24H30N2O2S.C7H13NO3.C2H6/c1-15-4-6-18(7-5-15)26-23(17(3)25)24-16(2)21-14-20(8-9-22(21)28-24)27-19-10-12-29-13-11-19;1-3-11-7(10)4-5-8(2)6-9;1-2/h4-9,14,17,19,23,26H,10-13,25H2,1-3H3;6H,3-5H2,1-2H3;1-2H3. The summed E-state index contributed by atoms with van der Waals surface area (Å²) in [6.45, 7) is 12.8. The zero-order valence-electron chi connectivity index (χ0n) is 26.3. The van der Waals surface area contributed by atoms with Gasteiger partial charge in [-0.2, -0.15) is 11.8 Å². The van der Waals surface area contributed by atoms with Gasteiger partial charge in [-0.15, -0.1) is 0 Å². The van der Waals surface area contributed by atoms with Crippen LogP contribution in [0, 0.1) is 13.8 Å². The van der Waals surface area contributed by atoms with Crippen LogP contribution < -0.4 is 15.8 Å². The Morgan fingerprint density at radius 1 is 1.17 bits per heavy atom. The molecule has 1 amide bonds. The number of fused-ring (bicyclic) bond motifs is 1. The minimum absolute atomic E-state index is 0.106. The highest BCUT2D eigenvalue weighted by atomic mass is 32.2. The topological polar surface area (TPSA) is 107 Å². The number of rotatable bonds is 11. The van der Waals surface area contributed by atoms with Gasteiger partial charge in [0.25, 0.3) is 0 Å². The lowest BCUT2D eigenvalue weighted by Gasteiger charge is -2.22. The van der Waals surface area contributed by atoms with Crippen molar-refractivity contribution in [1.29, 1.82) is 0 Å². The van der Waals surface area contributed by atoms with Gasteiger partial charge >= 0.3 is 5.97 Å². The Labute approximate surface area is 255 Å². The molecule has 1 fully saturated rings. The molecule has 8 nitrogen and oxygen atoms in total. The summed E-state index contributed by atoms with van der Waals surface area (Å²) >= 11 is 2.01. The molecule has 9 heteroatoms. The van der Waals surface area contributed by atoms with E-state index in [2.05, 4.69) is 54.2 Å². The fourth-order valence-electron chi connectivity index (χ4n) is 4.39. The Morgan fingerprint density at radius 2 is 1.83 bits per heavy atom. The number of hydrogen-bond donors (Lipinski definition) is 2. The molecule has 0 aliphatic carbocycles. The molecule has 4 rings (SSSR count). The first-order chi connectivity index (χ1) is 20.2. The molecule has 0 spiro atoms. The molecule has 1 aliphatic heterocycles. The fourth-order valence-corrected chi connectivity index (χ4v) is 5.46. The van der Waals surface area contributed by atoms with Gasteiger partial charge in [-0.3, -0.25) is 9.59 Å². The van der Waals surface area contributed by atoms with Gasteiger partial charge in [0.05, 0.1) is 19.1 Å². The summed E-state index contributed by atoms with van der Waals surface area (Å²) in [5.74, 6) is 3.92. The summed E-state index contributed by atoms with van der Waals surface area (Å²) in [6.07, 6.45) is 3.50. The molecule has 232 valence electrons. The first kappa shape index (κ1) is 35.0. The van der Waals surface area contributed by atoms with Gasteiger partial charge in [0.15, 0.2) is 0 Å². The van der Waals surface area contributed by atoms with E-state index in [4.69, 9.17) is 14.9 Å². The lowest BCUT2D eigenvalue weighted by Crippen LogP contribution is -2.30. The van der Waals surface area contributed by atoms with E-state index >= 15 is 0 Å². The van der Waals surface area contributed by atoms with Crippen molar-refractivity contribution < 1.29 is 23.5 Å². The van der Waals surface area contributed by atoms with E-state index in [9.17, 15) is 9.59 Å². The van der Waals surface area contributed by atoms with Crippen LogP contribution in [0.3, 0.4) is 0 Å². The van der Waals surface area contributed by atoms with Gasteiger partial charge in [0.2, 0.25) is 6.41 Å². The summed E-state index contributed by atoms with van der Waals surface area (Å²) in [4.78, 5) is 22.1. The summed E-state index contributed by atoms with van der Waals surface area (Å²) in [7, 11) is 1.62. The number of carbonyl (C=O) groups excluding carboxylic acids is 2. The number of hydrogen-bond acceptors (Lipinski definition) is 8. The molecular formula is C33H49N3O5S. The minimum Gasteiger partial charge on any atom is -0.490 e. The molecule has 42 heavy (non-hydrogen) atoms. The average molecular weight is 600 g/mol. The Morgan fingerprint density at radius 3 is 2.43 bits per heavy atom. The third kappa shape index (κ3) is 10.9. The zero-order chi connectivity index (χ0) is 31.1. The number of benzene rings is 2. The molecular weight excluding hydrogens is 550 g/mol. The van der Waals surface area contributed by atoms with Crippen LogP contribution in [0.5, 0.6) is 5.75 Å². The number of nitrogens with two attached hydrogens (primary N) is 1. The van der Waals surface area contributed by atoms with Crippen molar-refractivity contribution >= 4 is 40.8 Å². The van der Waals surface area contributed by atoms with E-state index < -0.39 is 0 Å². The fraction of sp³-hybridized carbons (Fsp3) is 0.515. The Bertz CT molecular complexity index is 1220. The molecule has 0 saturated carbocycles. The second-order valence-electron chi connectivity index (χ2n) is 10.2. The number of anilines is 1. The van der Waals surface area contributed by atoms with Crippen LogP contribution in [-0.4, -0.2) is 61.1 Å². The second kappa shape index (κ2) is 18.4. The number of esters is 1. The van der Waals surface area contributed by atoms with Crippen LogP contribution >= 0.6 is 11.8 Å². The highest BCUT2D eigenvalue weighted by molar-refractivity contribution is 7.99. The number of amides is 1. The summed E-state index contributed by atoms with van der Waals surface area (Å²) in [6, 6.07) is 14.3. The largest absolute Gasteiger partial charge is 0.490 e. The lowest BCUT2D eigenvalue weighted by molar-refractivity contribution is -0.143. The number of furan rings is 1. The second-order valence-corrected chi connectivity index (χ2v) is 11.4. The van der Waals surface area contributed by atoms with Crippen LogP contribution in [0.15, 0.2) is 46.9 Å². The highest BCUT2D eigenvalue weighted by Gasteiger charge is 2.24. The van der Waals surface area contributed by atoms with E-state index in [1.54, 1.807) is 14.0 Å². The maximum Gasteiger partial charge on any atom is 0.307 e. The predicted octanol–water partition coefficient (Wildman–Crippen LogP) is 6.88. The molecule has 0 radical (unpaired) electrons. The molecule has 0 bridgehead atoms. The molecule has 2 aromatic carbocycles. The number of thioether (sulfide) groups is 1. The molecule has 2 heterocycles. The Kier molecular flexibility index (Phi) is 15.3. The average Bonchev–Trinajstić information content (AvgIpc) is 3.32. The molecule has 1 aliphatic rings. The lowest BCUT2D eigenvalue weighted by atomic mass is 10.0. The molecule has 2 unspecified atom stereocenters. The summed E-state index contributed by atoms with van der Waals surface area (Å²) in [5.41, 5.74) is 10.6. The van der Waals surface area contributed by atoms with Gasteiger partial charge in [0.1, 0.15) is 23.2 Å². The van der Waals surface area contributed by atoms with Crippen molar-refractivity contribution in [2.75, 3.05) is 37.0 Å². The van der Waals surface area contributed by atoms with E-state index in [1.807, 2.05) is 44.7 Å². The SMILES string of the molecule is CC.CCOC(=O)CCN(C)C=O.Cc1ccc(NC(c2oc3ccc(OC4CCSCC4)cc3c2C)C(C)N)cc1. The number of ether oxygens (including phenoxy) is 2. The Hall–Kier alpha value is -3.17. The monoisotopic (exact) mass is 599 g/mol. The minimum atomic E-state index is -0.263. The van der Waals surface area contributed by atoms with Crippen LogP contribution in [0.1, 0.15) is 69.9 Å². The molecule has 3 aromatic rings. The molecule has 1 aromatic heterocycles. The maximum atomic E-state index is 10.7. The molecule has 1 saturated heterocycles. The normalized spacial score (nSPS) is 14.4. The van der Waals surface area contributed by atoms with Crippen LogP contribution in [-0.2, 0) is 14.3 Å². The highest BCUT2D eigenvalue weighted by Crippen LogP contribution is 2.35. The quantitative estimate of drug-likeness (QED) is 0.181. The van der Waals surface area contributed by atoms with Crippen LogP contribution in [0.4, 0.5) is 5.69 Å². The van der Waals surface area contributed by atoms with Gasteiger partial charge < -0.3 is 29.8 Å². The van der Waals surface area contributed by atoms with Crippen LogP contribution in [0.25, 0.3) is 11.0 Å². The predicted molar refractivity (Wildman–Crippen MR) is 174 cm³/mol. The third-order valence-electron chi connectivity index (χ3n) is 6.75. The summed E-state index contributed by atoms with van der Waals surface area (Å²) in [5, 5.41) is 4.65. The van der Waals surface area contributed by atoms with E-state index in [0.717, 1.165) is 46.6 Å². The van der Waals surface area contributed by atoms with E-state index in [0.29, 0.717) is 25.7 Å². The molecule has 3 N–H and O–H groups in total. The van der Waals surface area contributed by atoms with Gasteiger partial charge in [-0.05, 0) is 82.4 Å². The third-order valence-corrected chi connectivity index (χ3v) is 7.80. The number of carbonyl (C=O) groups is 2. The van der Waals surface area contributed by atoms with E-state index in [1.165, 1.54) is 22.0 Å². The van der Waals surface area contributed by atoms with Crippen molar-refractivity contribution in [3.63, 3.8) is 0 Å². The summed E-state index contributed by atoms with van der Waals surface area (Å²) < 4.78 is 17.2. The first-order valence-corrected chi connectivity index (χ1v) is 16.0. The van der Waals surface area contributed by atoms with Crippen molar-refractivity contribution in [2.45, 2.75) is 79.0 Å². The zero-order valence-corrected chi connectivity index (χ0v) is 27.1. The number of nitrogens with one attached hydrogen (secondary N) is 1. The number of aryl methyl sites for hydroxylation is 2. The van der Waals surface area contributed by atoms with Crippen molar-refractivity contribution in [3.05, 3.63) is 59.4 Å². The smallest absolute Gasteiger partial charge is 0.307 e. The number of nitrogens with zero attached hydrogens (tertiary/aromatic N) is 1. The van der Waals surface area contributed by atoms with Crippen molar-refractivity contribution in [3.8, 4) is 5.75 Å². The van der Waals surface area contributed by atoms with Gasteiger partial charge in [-0.25, -0.2) is 0 Å². The van der Waals surface area contributed by atoms with Gasteiger partial charge in [0, 0.05) is 36.3 Å². The van der Waals surface area contributed by atoms with E-state index in [-0.39, 0.29) is 24.5 Å². The van der Waals surface area contributed by atoms with Crippen LogP contribution in [0.2, 0.25) is 0 Å². The van der Waals surface area contributed by atoms with Crippen molar-refractivity contribution in [1.82, 2.24) is 4.90 Å². The van der Waals surface area contributed by atoms with Crippen molar-refractivity contribution in [2.24, 2.45) is 5.73 Å². The maximum absolute atomic E-state index is 10.7. The van der Waals surface area contributed by atoms with Gasteiger partial charge in [-0.1, -0.05) is 31.5 Å². The first-order valence-electron chi connectivity index (χ1n) is 14.9.